The predicted octanol–water partition coefficient (Wildman–Crippen LogP) is 2.04. The zero-order chi connectivity index (χ0) is 19.7. The van der Waals surface area contributed by atoms with Crippen molar-refractivity contribution in [3.8, 4) is 0 Å². The van der Waals surface area contributed by atoms with Crippen LogP contribution in [0.4, 0.5) is 11.6 Å². The van der Waals surface area contributed by atoms with Gasteiger partial charge in [-0.05, 0) is 38.8 Å². The summed E-state index contributed by atoms with van der Waals surface area (Å²) < 4.78 is 1.31. The minimum atomic E-state index is -0.317. The lowest BCUT2D eigenvalue weighted by Crippen LogP contribution is -2.28. The van der Waals surface area contributed by atoms with Gasteiger partial charge < -0.3 is 10.2 Å². The first kappa shape index (κ1) is 18.1. The fraction of sp³-hybridized carbons (Fsp3) is 0.350. The number of fused-ring (bicyclic) bond motifs is 1. The SMILES string of the molecule is Cc1nc(N2CCCC2)nc(C)c1NC(=O)Cn1cnc2ccccc2c1=O. The van der Waals surface area contributed by atoms with Crippen LogP contribution in [0.1, 0.15) is 24.2 Å². The number of anilines is 2. The number of rotatable bonds is 4. The van der Waals surface area contributed by atoms with Crippen molar-refractivity contribution in [3.63, 3.8) is 0 Å². The molecule has 1 fully saturated rings. The van der Waals surface area contributed by atoms with Gasteiger partial charge in [-0.2, -0.15) is 0 Å². The Labute approximate surface area is 162 Å². The van der Waals surface area contributed by atoms with E-state index in [9.17, 15) is 9.59 Å². The molecule has 4 rings (SSSR count). The lowest BCUT2D eigenvalue weighted by molar-refractivity contribution is -0.116. The number of carbonyl (C=O) groups excluding carboxylic acids is 1. The molecule has 0 bridgehead atoms. The zero-order valence-corrected chi connectivity index (χ0v) is 16.0. The molecule has 144 valence electrons. The van der Waals surface area contributed by atoms with Gasteiger partial charge in [0.1, 0.15) is 6.54 Å². The van der Waals surface area contributed by atoms with Gasteiger partial charge in [0.05, 0.1) is 34.3 Å². The fourth-order valence-electron chi connectivity index (χ4n) is 3.49. The van der Waals surface area contributed by atoms with Crippen molar-refractivity contribution in [1.29, 1.82) is 0 Å². The summed E-state index contributed by atoms with van der Waals surface area (Å²) in [4.78, 5) is 40.6. The maximum Gasteiger partial charge on any atom is 0.261 e. The van der Waals surface area contributed by atoms with E-state index in [0.29, 0.717) is 33.9 Å². The number of carbonyl (C=O) groups is 1. The molecule has 0 aliphatic carbocycles. The van der Waals surface area contributed by atoms with E-state index in [1.54, 1.807) is 18.2 Å². The smallest absolute Gasteiger partial charge is 0.261 e. The van der Waals surface area contributed by atoms with E-state index in [1.807, 2.05) is 19.9 Å². The van der Waals surface area contributed by atoms with Gasteiger partial charge >= 0.3 is 0 Å². The summed E-state index contributed by atoms with van der Waals surface area (Å²) in [6.45, 7) is 5.51. The highest BCUT2D eigenvalue weighted by Crippen LogP contribution is 2.22. The molecule has 8 heteroatoms. The summed E-state index contributed by atoms with van der Waals surface area (Å²) in [5, 5.41) is 3.34. The first-order chi connectivity index (χ1) is 13.5. The van der Waals surface area contributed by atoms with E-state index >= 15 is 0 Å². The van der Waals surface area contributed by atoms with Crippen LogP contribution in [-0.4, -0.2) is 38.5 Å². The van der Waals surface area contributed by atoms with E-state index in [2.05, 4.69) is 25.2 Å². The molecule has 3 heterocycles. The van der Waals surface area contributed by atoms with Gasteiger partial charge in [-0.1, -0.05) is 12.1 Å². The monoisotopic (exact) mass is 378 g/mol. The summed E-state index contributed by atoms with van der Waals surface area (Å²) in [7, 11) is 0. The fourth-order valence-corrected chi connectivity index (χ4v) is 3.49. The first-order valence-corrected chi connectivity index (χ1v) is 9.37. The summed E-state index contributed by atoms with van der Waals surface area (Å²) in [6.07, 6.45) is 3.69. The molecule has 1 amide bonds. The third-order valence-electron chi connectivity index (χ3n) is 4.96. The molecular formula is C20H22N6O2. The Morgan fingerprint density at radius 1 is 1.11 bits per heavy atom. The third-order valence-corrected chi connectivity index (χ3v) is 4.96. The van der Waals surface area contributed by atoms with E-state index in [1.165, 1.54) is 10.9 Å². The molecule has 1 N–H and O–H groups in total. The molecule has 1 aliphatic heterocycles. The zero-order valence-electron chi connectivity index (χ0n) is 16.0. The van der Waals surface area contributed by atoms with Crippen LogP contribution in [0.3, 0.4) is 0 Å². The van der Waals surface area contributed by atoms with Crippen LogP contribution in [0, 0.1) is 13.8 Å². The van der Waals surface area contributed by atoms with Gasteiger partial charge in [0.25, 0.3) is 5.56 Å². The number of nitrogens with one attached hydrogen (secondary N) is 1. The largest absolute Gasteiger partial charge is 0.341 e. The Morgan fingerprint density at radius 2 is 1.79 bits per heavy atom. The predicted molar refractivity (Wildman–Crippen MR) is 108 cm³/mol. The molecule has 8 nitrogen and oxygen atoms in total. The highest BCUT2D eigenvalue weighted by molar-refractivity contribution is 5.92. The van der Waals surface area contributed by atoms with Crippen LogP contribution in [0.15, 0.2) is 35.4 Å². The van der Waals surface area contributed by atoms with Crippen LogP contribution >= 0.6 is 0 Å². The Balaban J connectivity index is 1.54. The van der Waals surface area contributed by atoms with Crippen molar-refractivity contribution < 1.29 is 4.79 Å². The minimum absolute atomic E-state index is 0.122. The van der Waals surface area contributed by atoms with E-state index < -0.39 is 0 Å². The Morgan fingerprint density at radius 3 is 2.50 bits per heavy atom. The second-order valence-electron chi connectivity index (χ2n) is 7.01. The molecular weight excluding hydrogens is 356 g/mol. The number of hydrogen-bond acceptors (Lipinski definition) is 6. The van der Waals surface area contributed by atoms with Crippen molar-refractivity contribution in [2.45, 2.75) is 33.2 Å². The molecule has 3 aromatic rings. The van der Waals surface area contributed by atoms with Crippen LogP contribution in [0.5, 0.6) is 0 Å². The van der Waals surface area contributed by atoms with Crippen molar-refractivity contribution in [2.75, 3.05) is 23.3 Å². The normalized spacial score (nSPS) is 13.9. The Hall–Kier alpha value is -3.29. The number of para-hydroxylation sites is 1. The van der Waals surface area contributed by atoms with Gasteiger partial charge in [0.2, 0.25) is 11.9 Å². The third kappa shape index (κ3) is 3.45. The van der Waals surface area contributed by atoms with Crippen LogP contribution in [-0.2, 0) is 11.3 Å². The molecule has 1 saturated heterocycles. The average Bonchev–Trinajstić information content (AvgIpc) is 3.22. The number of benzene rings is 1. The number of aryl methyl sites for hydroxylation is 2. The maximum atomic E-state index is 12.6. The summed E-state index contributed by atoms with van der Waals surface area (Å²) >= 11 is 0. The summed E-state index contributed by atoms with van der Waals surface area (Å²) in [5.74, 6) is 0.392. The van der Waals surface area contributed by atoms with Crippen LogP contribution in [0.25, 0.3) is 10.9 Å². The molecule has 2 aromatic heterocycles. The van der Waals surface area contributed by atoms with Crippen molar-refractivity contribution in [1.82, 2.24) is 19.5 Å². The van der Waals surface area contributed by atoms with Gasteiger partial charge in [-0.3, -0.25) is 14.2 Å². The molecule has 1 aromatic carbocycles. The number of aromatic nitrogens is 4. The van der Waals surface area contributed by atoms with Crippen LogP contribution < -0.4 is 15.8 Å². The van der Waals surface area contributed by atoms with Gasteiger partial charge in [0, 0.05) is 13.1 Å². The molecule has 0 saturated carbocycles. The summed E-state index contributed by atoms with van der Waals surface area (Å²) in [5.41, 5.74) is 2.39. The topological polar surface area (TPSA) is 93.0 Å². The average molecular weight is 378 g/mol. The standard InChI is InChI=1S/C20H22N6O2/c1-13-18(14(2)23-20(22-13)25-9-5-6-10-25)24-17(27)11-26-12-21-16-8-4-3-7-15(16)19(26)28/h3-4,7-8,12H,5-6,9-11H2,1-2H3,(H,24,27). The van der Waals surface area contributed by atoms with Crippen molar-refractivity contribution in [3.05, 3.63) is 52.3 Å². The second kappa shape index (κ2) is 7.38. The lowest BCUT2D eigenvalue weighted by atomic mass is 10.2. The first-order valence-electron chi connectivity index (χ1n) is 9.37. The molecule has 0 unspecified atom stereocenters. The van der Waals surface area contributed by atoms with Crippen molar-refractivity contribution >= 4 is 28.4 Å². The van der Waals surface area contributed by atoms with Gasteiger partial charge in [-0.25, -0.2) is 15.0 Å². The highest BCUT2D eigenvalue weighted by Gasteiger charge is 2.18. The van der Waals surface area contributed by atoms with Crippen LogP contribution in [0.2, 0.25) is 0 Å². The lowest BCUT2D eigenvalue weighted by Gasteiger charge is -2.18. The summed E-state index contributed by atoms with van der Waals surface area (Å²) in [6, 6.07) is 7.08. The second-order valence-corrected chi connectivity index (χ2v) is 7.01. The van der Waals surface area contributed by atoms with Gasteiger partial charge in [0.15, 0.2) is 0 Å². The Bertz CT molecular complexity index is 1080. The number of amides is 1. The Kier molecular flexibility index (Phi) is 4.77. The molecule has 0 spiro atoms. The van der Waals surface area contributed by atoms with E-state index in [4.69, 9.17) is 0 Å². The molecule has 1 aliphatic rings. The van der Waals surface area contributed by atoms with Crippen molar-refractivity contribution in [2.24, 2.45) is 0 Å². The maximum absolute atomic E-state index is 12.6. The molecule has 0 radical (unpaired) electrons. The number of hydrogen-bond donors (Lipinski definition) is 1. The molecule has 0 atom stereocenters. The van der Waals surface area contributed by atoms with E-state index in [0.717, 1.165) is 25.9 Å². The minimum Gasteiger partial charge on any atom is -0.341 e. The van der Waals surface area contributed by atoms with Gasteiger partial charge in [-0.15, -0.1) is 0 Å². The number of nitrogens with zero attached hydrogens (tertiary/aromatic N) is 5. The molecule has 28 heavy (non-hydrogen) atoms. The quantitative estimate of drug-likeness (QED) is 0.747. The van der Waals surface area contributed by atoms with E-state index in [-0.39, 0.29) is 18.0 Å². The highest BCUT2D eigenvalue weighted by atomic mass is 16.2.